The lowest BCUT2D eigenvalue weighted by molar-refractivity contribution is -0.911. The lowest BCUT2D eigenvalue weighted by atomic mass is 9.91. The predicted octanol–water partition coefficient (Wildman–Crippen LogP) is 2.91. The summed E-state index contributed by atoms with van der Waals surface area (Å²) >= 11 is 0. The van der Waals surface area contributed by atoms with Crippen molar-refractivity contribution in [1.29, 1.82) is 0 Å². The first-order valence-electron chi connectivity index (χ1n) is 4.98. The molecular formula is C11H26N+. The van der Waals surface area contributed by atoms with Crippen molar-refractivity contribution < 1.29 is 4.48 Å². The molecular weight excluding hydrogens is 146 g/mol. The van der Waals surface area contributed by atoms with Gasteiger partial charge in [-0.3, -0.25) is 0 Å². The summed E-state index contributed by atoms with van der Waals surface area (Å²) in [6, 6.07) is 0.729. The van der Waals surface area contributed by atoms with Crippen molar-refractivity contribution in [3.63, 3.8) is 0 Å². The molecule has 0 N–H and O–H groups in total. The molecule has 1 heteroatoms. The van der Waals surface area contributed by atoms with Gasteiger partial charge in [-0.2, -0.15) is 0 Å². The van der Waals surface area contributed by atoms with Gasteiger partial charge in [0.25, 0.3) is 0 Å². The van der Waals surface area contributed by atoms with Gasteiger partial charge in [-0.25, -0.2) is 0 Å². The molecule has 0 saturated carbocycles. The van der Waals surface area contributed by atoms with Gasteiger partial charge in [-0.15, -0.1) is 0 Å². The summed E-state index contributed by atoms with van der Waals surface area (Å²) in [5.41, 5.74) is 0.477. The first kappa shape index (κ1) is 12.0. The van der Waals surface area contributed by atoms with E-state index in [1.54, 1.807) is 0 Å². The number of hydrogen-bond acceptors (Lipinski definition) is 0. The Morgan fingerprint density at radius 2 is 1.50 bits per heavy atom. The highest BCUT2D eigenvalue weighted by Gasteiger charge is 2.22. The lowest BCUT2D eigenvalue weighted by Gasteiger charge is -2.36. The van der Waals surface area contributed by atoms with Gasteiger partial charge in [0.05, 0.1) is 26.7 Å². The molecule has 0 saturated heterocycles. The molecule has 0 aliphatic heterocycles. The molecule has 0 unspecified atom stereocenters. The molecule has 0 aliphatic carbocycles. The minimum absolute atomic E-state index is 0.477. The smallest absolute Gasteiger partial charge is 0.0829 e. The summed E-state index contributed by atoms with van der Waals surface area (Å²) in [6.45, 7) is 12.8. The van der Waals surface area contributed by atoms with Crippen molar-refractivity contribution in [3.05, 3.63) is 0 Å². The van der Waals surface area contributed by atoms with E-state index in [4.69, 9.17) is 0 Å². The van der Waals surface area contributed by atoms with E-state index in [2.05, 4.69) is 48.7 Å². The average molecular weight is 172 g/mol. The van der Waals surface area contributed by atoms with Crippen molar-refractivity contribution >= 4 is 0 Å². The highest BCUT2D eigenvalue weighted by molar-refractivity contribution is 4.60. The molecule has 0 amide bonds. The Kier molecular flexibility index (Phi) is 3.77. The standard InChI is InChI=1S/C11H26N/c1-10(2)12(6,7)9-8-11(3,4)5/h10H,8-9H2,1-7H3/q+1. The monoisotopic (exact) mass is 172 g/mol. The summed E-state index contributed by atoms with van der Waals surface area (Å²) in [5, 5.41) is 0. The van der Waals surface area contributed by atoms with Crippen LogP contribution >= 0.6 is 0 Å². The Bertz CT molecular complexity index is 128. The molecule has 74 valence electrons. The number of rotatable bonds is 3. The van der Waals surface area contributed by atoms with Gasteiger partial charge in [-0.1, -0.05) is 20.8 Å². The molecule has 0 spiro atoms. The van der Waals surface area contributed by atoms with Gasteiger partial charge >= 0.3 is 0 Å². The fourth-order valence-corrected chi connectivity index (χ4v) is 0.882. The van der Waals surface area contributed by atoms with Crippen LogP contribution in [0, 0.1) is 5.41 Å². The highest BCUT2D eigenvalue weighted by Crippen LogP contribution is 2.21. The maximum absolute atomic E-state index is 2.32. The molecule has 0 bridgehead atoms. The molecule has 0 fully saturated rings. The Balaban J connectivity index is 3.93. The second-order valence-corrected chi connectivity index (χ2v) is 5.91. The summed E-state index contributed by atoms with van der Waals surface area (Å²) in [7, 11) is 4.63. The lowest BCUT2D eigenvalue weighted by Crippen LogP contribution is -2.47. The van der Waals surface area contributed by atoms with Crippen LogP contribution in [0.5, 0.6) is 0 Å². The summed E-state index contributed by atoms with van der Waals surface area (Å²) in [4.78, 5) is 0. The third-order valence-electron chi connectivity index (χ3n) is 2.84. The van der Waals surface area contributed by atoms with Crippen molar-refractivity contribution in [1.82, 2.24) is 0 Å². The van der Waals surface area contributed by atoms with Crippen LogP contribution in [0.4, 0.5) is 0 Å². The molecule has 0 rings (SSSR count). The Morgan fingerprint density at radius 3 is 1.75 bits per heavy atom. The van der Waals surface area contributed by atoms with Crippen molar-refractivity contribution in [2.45, 2.75) is 47.1 Å². The van der Waals surface area contributed by atoms with E-state index in [0.717, 1.165) is 10.5 Å². The SMILES string of the molecule is CC(C)[N+](C)(C)CCC(C)(C)C. The predicted molar refractivity (Wildman–Crippen MR) is 56.2 cm³/mol. The van der Waals surface area contributed by atoms with E-state index in [9.17, 15) is 0 Å². The zero-order valence-corrected chi connectivity index (χ0v) is 9.94. The normalized spacial score (nSPS) is 14.0. The minimum atomic E-state index is 0.477. The van der Waals surface area contributed by atoms with Crippen molar-refractivity contribution in [3.8, 4) is 0 Å². The Morgan fingerprint density at radius 1 is 1.08 bits per heavy atom. The zero-order chi connectivity index (χ0) is 9.99. The van der Waals surface area contributed by atoms with Gasteiger partial charge in [0.2, 0.25) is 0 Å². The molecule has 1 nitrogen and oxygen atoms in total. The quantitative estimate of drug-likeness (QED) is 0.574. The second-order valence-electron chi connectivity index (χ2n) is 5.91. The first-order valence-corrected chi connectivity index (χ1v) is 4.98. The van der Waals surface area contributed by atoms with Crippen LogP contribution < -0.4 is 0 Å². The molecule has 0 aromatic rings. The van der Waals surface area contributed by atoms with Gasteiger partial charge in [0, 0.05) is 6.42 Å². The van der Waals surface area contributed by atoms with Crippen LogP contribution in [0.15, 0.2) is 0 Å². The highest BCUT2D eigenvalue weighted by atomic mass is 15.3. The minimum Gasteiger partial charge on any atom is -0.326 e. The van der Waals surface area contributed by atoms with Gasteiger partial charge in [0.15, 0.2) is 0 Å². The third kappa shape index (κ3) is 4.76. The van der Waals surface area contributed by atoms with Gasteiger partial charge in [-0.05, 0) is 19.3 Å². The molecule has 12 heavy (non-hydrogen) atoms. The first-order chi connectivity index (χ1) is 5.15. The van der Waals surface area contributed by atoms with Gasteiger partial charge < -0.3 is 4.48 Å². The van der Waals surface area contributed by atoms with Crippen LogP contribution in [0.2, 0.25) is 0 Å². The van der Waals surface area contributed by atoms with E-state index >= 15 is 0 Å². The molecule has 0 radical (unpaired) electrons. The molecule has 0 heterocycles. The maximum atomic E-state index is 2.32. The van der Waals surface area contributed by atoms with E-state index < -0.39 is 0 Å². The Labute approximate surface area is 78.4 Å². The Hall–Kier alpha value is -0.0400. The van der Waals surface area contributed by atoms with Crippen molar-refractivity contribution in [2.24, 2.45) is 5.41 Å². The van der Waals surface area contributed by atoms with E-state index in [1.165, 1.54) is 13.0 Å². The van der Waals surface area contributed by atoms with Crippen LogP contribution in [0.3, 0.4) is 0 Å². The molecule has 0 aromatic carbocycles. The number of quaternary nitrogens is 1. The van der Waals surface area contributed by atoms with Crippen LogP contribution in [-0.2, 0) is 0 Å². The summed E-state index contributed by atoms with van der Waals surface area (Å²) < 4.78 is 1.14. The number of hydrogen-bond donors (Lipinski definition) is 0. The largest absolute Gasteiger partial charge is 0.326 e. The third-order valence-corrected chi connectivity index (χ3v) is 2.84. The van der Waals surface area contributed by atoms with Gasteiger partial charge in [0.1, 0.15) is 0 Å². The molecule has 0 aromatic heterocycles. The van der Waals surface area contributed by atoms with Crippen LogP contribution in [0.25, 0.3) is 0 Å². The van der Waals surface area contributed by atoms with E-state index in [-0.39, 0.29) is 0 Å². The van der Waals surface area contributed by atoms with E-state index in [0.29, 0.717) is 5.41 Å². The average Bonchev–Trinajstić information content (AvgIpc) is 1.82. The summed E-state index contributed by atoms with van der Waals surface area (Å²) in [5.74, 6) is 0. The fraction of sp³-hybridized carbons (Fsp3) is 1.00. The van der Waals surface area contributed by atoms with Crippen LogP contribution in [0.1, 0.15) is 41.0 Å². The molecule has 0 aliphatic rings. The topological polar surface area (TPSA) is 0 Å². The summed E-state index contributed by atoms with van der Waals surface area (Å²) in [6.07, 6.45) is 1.30. The van der Waals surface area contributed by atoms with Crippen molar-refractivity contribution in [2.75, 3.05) is 20.6 Å². The number of nitrogens with zero attached hydrogens (tertiary/aromatic N) is 1. The zero-order valence-electron chi connectivity index (χ0n) is 9.94. The van der Waals surface area contributed by atoms with Crippen LogP contribution in [-0.4, -0.2) is 31.2 Å². The second kappa shape index (κ2) is 3.78. The molecule has 0 atom stereocenters. The maximum Gasteiger partial charge on any atom is 0.0829 e. The van der Waals surface area contributed by atoms with E-state index in [1.807, 2.05) is 0 Å². The fourth-order valence-electron chi connectivity index (χ4n) is 0.882.